The molecule has 1 aromatic carbocycles. The Bertz CT molecular complexity index is 526. The Morgan fingerprint density at radius 1 is 1.40 bits per heavy atom. The van der Waals surface area contributed by atoms with E-state index in [9.17, 15) is 13.4 Å². The topological polar surface area (TPSA) is 55.4 Å². The molecule has 1 rings (SSSR count). The van der Waals surface area contributed by atoms with Crippen LogP contribution < -0.4 is 4.72 Å². The lowest BCUT2D eigenvalue weighted by Crippen LogP contribution is -2.35. The summed E-state index contributed by atoms with van der Waals surface area (Å²) in [6.07, 6.45) is 0. The molecule has 2 atom stereocenters. The zero-order valence-electron chi connectivity index (χ0n) is 12.3. The second-order valence-corrected chi connectivity index (χ2v) is 7.45. The SMILES string of the molecule is COC(=O)c1ccc(C(C)NS(=O)C(C)(C)C)c(F)c1. The van der Waals surface area contributed by atoms with Gasteiger partial charge in [0.15, 0.2) is 0 Å². The van der Waals surface area contributed by atoms with Crippen LogP contribution >= 0.6 is 0 Å². The van der Waals surface area contributed by atoms with E-state index in [0.29, 0.717) is 5.56 Å². The summed E-state index contributed by atoms with van der Waals surface area (Å²) in [6, 6.07) is 3.68. The molecule has 6 heteroatoms. The van der Waals surface area contributed by atoms with Gasteiger partial charge in [-0.15, -0.1) is 0 Å². The van der Waals surface area contributed by atoms with Crippen LogP contribution in [0, 0.1) is 5.82 Å². The van der Waals surface area contributed by atoms with Gasteiger partial charge in [-0.1, -0.05) is 6.07 Å². The minimum Gasteiger partial charge on any atom is -0.465 e. The molecule has 0 radical (unpaired) electrons. The van der Waals surface area contributed by atoms with Gasteiger partial charge in [0, 0.05) is 11.6 Å². The highest BCUT2D eigenvalue weighted by molar-refractivity contribution is 7.84. The smallest absolute Gasteiger partial charge is 0.337 e. The number of hydrogen-bond acceptors (Lipinski definition) is 3. The maximum atomic E-state index is 14.0. The Hall–Kier alpha value is -1.27. The van der Waals surface area contributed by atoms with Crippen LogP contribution in [-0.2, 0) is 15.7 Å². The van der Waals surface area contributed by atoms with E-state index in [-0.39, 0.29) is 5.56 Å². The molecule has 112 valence electrons. The summed E-state index contributed by atoms with van der Waals surface area (Å²) in [5, 5.41) is 0. The summed E-state index contributed by atoms with van der Waals surface area (Å²) in [5.41, 5.74) is 0.508. The van der Waals surface area contributed by atoms with Crippen molar-refractivity contribution in [3.8, 4) is 0 Å². The minimum atomic E-state index is -1.30. The fourth-order valence-electron chi connectivity index (χ4n) is 1.52. The largest absolute Gasteiger partial charge is 0.465 e. The van der Waals surface area contributed by atoms with Crippen molar-refractivity contribution in [2.75, 3.05) is 7.11 Å². The zero-order valence-corrected chi connectivity index (χ0v) is 13.1. The minimum absolute atomic E-state index is 0.151. The Kier molecular flexibility index (Phi) is 5.42. The van der Waals surface area contributed by atoms with E-state index >= 15 is 0 Å². The molecule has 1 aromatic rings. The quantitative estimate of drug-likeness (QED) is 0.870. The van der Waals surface area contributed by atoms with Crippen molar-refractivity contribution < 1.29 is 18.1 Å². The molecule has 0 fully saturated rings. The Labute approximate surface area is 121 Å². The summed E-state index contributed by atoms with van der Waals surface area (Å²) in [5.74, 6) is -1.12. The summed E-state index contributed by atoms with van der Waals surface area (Å²) in [7, 11) is -0.0593. The molecule has 1 N–H and O–H groups in total. The first-order chi connectivity index (χ1) is 9.16. The van der Waals surface area contributed by atoms with Crippen LogP contribution in [-0.4, -0.2) is 22.0 Å². The maximum Gasteiger partial charge on any atom is 0.337 e. The third-order valence-electron chi connectivity index (χ3n) is 2.73. The average Bonchev–Trinajstić information content (AvgIpc) is 2.36. The number of nitrogens with one attached hydrogen (secondary N) is 1. The van der Waals surface area contributed by atoms with Crippen molar-refractivity contribution >= 4 is 17.0 Å². The molecule has 0 aliphatic heterocycles. The molecule has 0 amide bonds. The van der Waals surface area contributed by atoms with Crippen LogP contribution in [0.3, 0.4) is 0 Å². The van der Waals surface area contributed by atoms with Gasteiger partial charge in [-0.2, -0.15) is 0 Å². The van der Waals surface area contributed by atoms with Gasteiger partial charge in [-0.25, -0.2) is 18.1 Å². The molecule has 0 aromatic heterocycles. The molecule has 0 saturated carbocycles. The molecule has 0 aliphatic rings. The van der Waals surface area contributed by atoms with Gasteiger partial charge in [0.25, 0.3) is 0 Å². The Morgan fingerprint density at radius 3 is 2.45 bits per heavy atom. The van der Waals surface area contributed by atoms with E-state index in [1.54, 1.807) is 6.92 Å². The van der Waals surface area contributed by atoms with Crippen LogP contribution in [0.15, 0.2) is 18.2 Å². The monoisotopic (exact) mass is 301 g/mol. The molecule has 0 saturated heterocycles. The van der Waals surface area contributed by atoms with Gasteiger partial charge >= 0.3 is 5.97 Å². The lowest BCUT2D eigenvalue weighted by atomic mass is 10.1. The molecule has 4 nitrogen and oxygen atoms in total. The summed E-state index contributed by atoms with van der Waals surface area (Å²) >= 11 is 0. The second kappa shape index (κ2) is 6.45. The number of ether oxygens (including phenoxy) is 1. The third kappa shape index (κ3) is 4.11. The number of rotatable bonds is 4. The van der Waals surface area contributed by atoms with E-state index in [1.165, 1.54) is 19.2 Å². The van der Waals surface area contributed by atoms with E-state index in [1.807, 2.05) is 20.8 Å². The number of halogens is 1. The number of carbonyl (C=O) groups excluding carboxylic acids is 1. The lowest BCUT2D eigenvalue weighted by molar-refractivity contribution is 0.0600. The van der Waals surface area contributed by atoms with E-state index in [2.05, 4.69) is 9.46 Å². The van der Waals surface area contributed by atoms with Crippen molar-refractivity contribution in [2.45, 2.75) is 38.5 Å². The van der Waals surface area contributed by atoms with Gasteiger partial charge in [0.2, 0.25) is 0 Å². The van der Waals surface area contributed by atoms with E-state index in [4.69, 9.17) is 0 Å². The molecule has 0 spiro atoms. The van der Waals surface area contributed by atoms with Gasteiger partial charge in [0.1, 0.15) is 5.82 Å². The lowest BCUT2D eigenvalue weighted by Gasteiger charge is -2.22. The number of hydrogen-bond donors (Lipinski definition) is 1. The highest BCUT2D eigenvalue weighted by Crippen LogP contribution is 2.21. The number of methoxy groups -OCH3 is 1. The van der Waals surface area contributed by atoms with Gasteiger partial charge < -0.3 is 4.74 Å². The molecular formula is C14H20FNO3S. The van der Waals surface area contributed by atoms with Gasteiger partial charge in [-0.05, 0) is 39.8 Å². The number of benzene rings is 1. The highest BCUT2D eigenvalue weighted by atomic mass is 32.2. The normalized spacial score (nSPS) is 14.7. The van der Waals surface area contributed by atoms with Crippen LogP contribution in [0.4, 0.5) is 4.39 Å². The van der Waals surface area contributed by atoms with Gasteiger partial charge in [0.05, 0.1) is 28.4 Å². The van der Waals surface area contributed by atoms with Crippen LogP contribution in [0.5, 0.6) is 0 Å². The van der Waals surface area contributed by atoms with E-state index < -0.39 is 33.6 Å². The zero-order chi connectivity index (χ0) is 15.5. The van der Waals surface area contributed by atoms with Crippen molar-refractivity contribution in [3.05, 3.63) is 35.1 Å². The number of esters is 1. The third-order valence-corrected chi connectivity index (χ3v) is 4.41. The van der Waals surface area contributed by atoms with Crippen molar-refractivity contribution in [1.29, 1.82) is 0 Å². The molecule has 0 bridgehead atoms. The molecule has 20 heavy (non-hydrogen) atoms. The van der Waals surface area contributed by atoms with Crippen molar-refractivity contribution in [2.24, 2.45) is 0 Å². The van der Waals surface area contributed by atoms with Crippen LogP contribution in [0.25, 0.3) is 0 Å². The van der Waals surface area contributed by atoms with Crippen LogP contribution in [0.2, 0.25) is 0 Å². The van der Waals surface area contributed by atoms with Gasteiger partial charge in [-0.3, -0.25) is 0 Å². The molecule has 0 aliphatic carbocycles. The molecule has 0 heterocycles. The predicted octanol–water partition coefficient (Wildman–Crippen LogP) is 2.73. The highest BCUT2D eigenvalue weighted by Gasteiger charge is 2.23. The van der Waals surface area contributed by atoms with Crippen LogP contribution in [0.1, 0.15) is 49.7 Å². The molecule has 2 unspecified atom stereocenters. The first-order valence-corrected chi connectivity index (χ1v) is 7.37. The Balaban J connectivity index is 2.92. The number of carbonyl (C=O) groups is 1. The van der Waals surface area contributed by atoms with Crippen molar-refractivity contribution in [1.82, 2.24) is 4.72 Å². The summed E-state index contributed by atoms with van der Waals surface area (Å²) < 4.78 is 32.9. The second-order valence-electron chi connectivity index (χ2n) is 5.45. The summed E-state index contributed by atoms with van der Waals surface area (Å²) in [4.78, 5) is 11.3. The standard InChI is InChI=1S/C14H20FNO3S/c1-9(16-20(18)14(2,3)4)11-7-6-10(8-12(11)15)13(17)19-5/h6-9,16H,1-5H3. The molecular weight excluding hydrogens is 281 g/mol. The summed E-state index contributed by atoms with van der Waals surface area (Å²) in [6.45, 7) is 7.22. The maximum absolute atomic E-state index is 14.0. The first kappa shape index (κ1) is 16.8. The fourth-order valence-corrected chi connectivity index (χ4v) is 2.33. The predicted molar refractivity (Wildman–Crippen MR) is 77.2 cm³/mol. The average molecular weight is 301 g/mol. The van der Waals surface area contributed by atoms with E-state index in [0.717, 1.165) is 6.07 Å². The van der Waals surface area contributed by atoms with Crippen molar-refractivity contribution in [3.63, 3.8) is 0 Å². The Morgan fingerprint density at radius 2 is 2.00 bits per heavy atom. The first-order valence-electron chi connectivity index (χ1n) is 6.22. The fraction of sp³-hybridized carbons (Fsp3) is 0.500.